The van der Waals surface area contributed by atoms with Gasteiger partial charge in [0.25, 0.3) is 5.91 Å². The average Bonchev–Trinajstić information content (AvgIpc) is 2.08. The van der Waals surface area contributed by atoms with E-state index in [2.05, 4.69) is 5.32 Å². The fourth-order valence-corrected chi connectivity index (χ4v) is 1.09. The summed E-state index contributed by atoms with van der Waals surface area (Å²) < 4.78 is 0. The minimum absolute atomic E-state index is 0.476. The summed E-state index contributed by atoms with van der Waals surface area (Å²) in [5.74, 6) is -0.785. The standard InChI is InChI=1S/C6H11NO5/c8-1-2-3(9)4(10)5(11)6(12)7-2/h2-5,8-11H,1H2,(H,7,12)/t2?,3-,4+,5?/m1/s1. The maximum atomic E-state index is 10.8. The van der Waals surface area contributed by atoms with Gasteiger partial charge in [0.2, 0.25) is 0 Å². The molecule has 0 aromatic rings. The SMILES string of the molecule is O=C1NC(CO)[C@@H](O)[C@H](O)C1O. The number of hydrogen-bond donors (Lipinski definition) is 5. The molecule has 0 aliphatic carbocycles. The number of carbonyl (C=O) groups is 1. The van der Waals surface area contributed by atoms with Crippen LogP contribution >= 0.6 is 0 Å². The lowest BCUT2D eigenvalue weighted by molar-refractivity contribution is -0.155. The van der Waals surface area contributed by atoms with Gasteiger partial charge in [-0.1, -0.05) is 0 Å². The molecule has 0 spiro atoms. The van der Waals surface area contributed by atoms with Crippen LogP contribution in [0.5, 0.6) is 0 Å². The van der Waals surface area contributed by atoms with Gasteiger partial charge in [0.15, 0.2) is 6.10 Å². The van der Waals surface area contributed by atoms with E-state index in [0.29, 0.717) is 0 Å². The van der Waals surface area contributed by atoms with E-state index >= 15 is 0 Å². The highest BCUT2D eigenvalue weighted by atomic mass is 16.4. The molecular weight excluding hydrogens is 166 g/mol. The first kappa shape index (κ1) is 9.40. The van der Waals surface area contributed by atoms with Crippen molar-refractivity contribution in [3.8, 4) is 0 Å². The summed E-state index contributed by atoms with van der Waals surface area (Å²) in [6.07, 6.45) is -4.48. The zero-order valence-electron chi connectivity index (χ0n) is 6.21. The first-order valence-electron chi connectivity index (χ1n) is 3.53. The number of rotatable bonds is 1. The molecule has 4 atom stereocenters. The van der Waals surface area contributed by atoms with Crippen LogP contribution in [-0.4, -0.2) is 57.3 Å². The number of hydrogen-bond acceptors (Lipinski definition) is 5. The van der Waals surface area contributed by atoms with Gasteiger partial charge < -0.3 is 25.7 Å². The van der Waals surface area contributed by atoms with Crippen molar-refractivity contribution in [2.45, 2.75) is 24.4 Å². The third kappa shape index (κ3) is 1.42. The smallest absolute Gasteiger partial charge is 0.252 e. The summed E-state index contributed by atoms with van der Waals surface area (Å²) in [7, 11) is 0. The van der Waals surface area contributed by atoms with Crippen LogP contribution in [0.4, 0.5) is 0 Å². The van der Waals surface area contributed by atoms with Gasteiger partial charge >= 0.3 is 0 Å². The summed E-state index contributed by atoms with van der Waals surface area (Å²) in [5, 5.41) is 37.9. The summed E-state index contributed by atoms with van der Waals surface area (Å²) in [5.41, 5.74) is 0. The Kier molecular flexibility index (Phi) is 2.63. The maximum absolute atomic E-state index is 10.8. The lowest BCUT2D eigenvalue weighted by Crippen LogP contribution is -2.63. The third-order valence-electron chi connectivity index (χ3n) is 1.88. The van der Waals surface area contributed by atoms with Gasteiger partial charge in [0.05, 0.1) is 12.6 Å². The number of aliphatic hydroxyl groups excluding tert-OH is 4. The average molecular weight is 177 g/mol. The number of carbonyl (C=O) groups excluding carboxylic acids is 1. The van der Waals surface area contributed by atoms with E-state index in [1.807, 2.05) is 0 Å². The van der Waals surface area contributed by atoms with Crippen LogP contribution in [-0.2, 0) is 4.79 Å². The molecule has 6 heteroatoms. The first-order chi connectivity index (χ1) is 5.57. The minimum atomic E-state index is -1.62. The molecule has 6 nitrogen and oxygen atoms in total. The number of piperidine rings is 1. The maximum Gasteiger partial charge on any atom is 0.252 e. The van der Waals surface area contributed by atoms with Gasteiger partial charge in [-0.2, -0.15) is 0 Å². The Labute approximate surface area is 68.4 Å². The van der Waals surface area contributed by atoms with Crippen molar-refractivity contribution in [2.24, 2.45) is 0 Å². The largest absolute Gasteiger partial charge is 0.394 e. The third-order valence-corrected chi connectivity index (χ3v) is 1.88. The quantitative estimate of drug-likeness (QED) is 0.286. The fraction of sp³-hybridized carbons (Fsp3) is 0.833. The van der Waals surface area contributed by atoms with Crippen molar-refractivity contribution in [2.75, 3.05) is 6.61 Å². The predicted octanol–water partition coefficient (Wildman–Crippen LogP) is -3.44. The van der Waals surface area contributed by atoms with Gasteiger partial charge in [-0.15, -0.1) is 0 Å². The van der Waals surface area contributed by atoms with E-state index in [0.717, 1.165) is 0 Å². The molecule has 0 radical (unpaired) electrons. The highest BCUT2D eigenvalue weighted by Crippen LogP contribution is 2.10. The molecular formula is C6H11NO5. The summed E-state index contributed by atoms with van der Waals surface area (Å²) in [6, 6.07) is -0.907. The van der Waals surface area contributed by atoms with E-state index in [-0.39, 0.29) is 0 Å². The highest BCUT2D eigenvalue weighted by molar-refractivity contribution is 5.82. The summed E-state index contributed by atoms with van der Waals surface area (Å²) in [6.45, 7) is -0.476. The Morgan fingerprint density at radius 2 is 1.83 bits per heavy atom. The van der Waals surface area contributed by atoms with Crippen LogP contribution < -0.4 is 5.32 Å². The molecule has 5 N–H and O–H groups in total. The molecule has 2 unspecified atom stereocenters. The molecule has 1 aliphatic rings. The van der Waals surface area contributed by atoms with E-state index in [1.165, 1.54) is 0 Å². The second kappa shape index (κ2) is 3.36. The van der Waals surface area contributed by atoms with Crippen LogP contribution in [0.15, 0.2) is 0 Å². The van der Waals surface area contributed by atoms with Crippen LogP contribution in [0.2, 0.25) is 0 Å². The molecule has 0 saturated carbocycles. The van der Waals surface area contributed by atoms with Gasteiger partial charge in [-0.3, -0.25) is 4.79 Å². The van der Waals surface area contributed by atoms with Crippen LogP contribution in [0.3, 0.4) is 0 Å². The minimum Gasteiger partial charge on any atom is -0.394 e. The zero-order valence-corrected chi connectivity index (χ0v) is 6.21. The van der Waals surface area contributed by atoms with Crippen LogP contribution in [0.25, 0.3) is 0 Å². The van der Waals surface area contributed by atoms with Crippen LogP contribution in [0, 0.1) is 0 Å². The first-order valence-corrected chi connectivity index (χ1v) is 3.53. The second-order valence-corrected chi connectivity index (χ2v) is 2.72. The lowest BCUT2D eigenvalue weighted by Gasteiger charge is -2.34. The summed E-state index contributed by atoms with van der Waals surface area (Å²) in [4.78, 5) is 10.8. The van der Waals surface area contributed by atoms with Crippen molar-refractivity contribution in [3.05, 3.63) is 0 Å². The van der Waals surface area contributed by atoms with Crippen molar-refractivity contribution < 1.29 is 25.2 Å². The van der Waals surface area contributed by atoms with E-state index in [9.17, 15) is 4.79 Å². The number of nitrogens with one attached hydrogen (secondary N) is 1. The van der Waals surface area contributed by atoms with Gasteiger partial charge in [0, 0.05) is 0 Å². The van der Waals surface area contributed by atoms with Gasteiger partial charge in [-0.25, -0.2) is 0 Å². The molecule has 0 bridgehead atoms. The molecule has 1 heterocycles. The fourth-order valence-electron chi connectivity index (χ4n) is 1.09. The van der Waals surface area contributed by atoms with Crippen molar-refractivity contribution in [1.29, 1.82) is 0 Å². The molecule has 1 fully saturated rings. The zero-order chi connectivity index (χ0) is 9.30. The highest BCUT2D eigenvalue weighted by Gasteiger charge is 2.40. The van der Waals surface area contributed by atoms with E-state index < -0.39 is 36.9 Å². The number of aliphatic hydroxyl groups is 4. The molecule has 12 heavy (non-hydrogen) atoms. The molecule has 0 aromatic carbocycles. The lowest BCUT2D eigenvalue weighted by atomic mass is 9.96. The molecule has 70 valence electrons. The Bertz CT molecular complexity index is 183. The van der Waals surface area contributed by atoms with E-state index in [4.69, 9.17) is 20.4 Å². The summed E-state index contributed by atoms with van der Waals surface area (Å²) >= 11 is 0. The van der Waals surface area contributed by atoms with Crippen molar-refractivity contribution in [3.63, 3.8) is 0 Å². The molecule has 0 aromatic heterocycles. The van der Waals surface area contributed by atoms with Gasteiger partial charge in [-0.05, 0) is 0 Å². The van der Waals surface area contributed by atoms with Crippen molar-refractivity contribution >= 4 is 5.91 Å². The Hall–Kier alpha value is -0.690. The van der Waals surface area contributed by atoms with Gasteiger partial charge in [0.1, 0.15) is 12.2 Å². The molecule has 1 rings (SSSR count). The topological polar surface area (TPSA) is 110 Å². The predicted molar refractivity (Wildman–Crippen MR) is 37.0 cm³/mol. The molecule has 1 aliphatic heterocycles. The molecule has 1 saturated heterocycles. The normalized spacial score (nSPS) is 42.5. The Balaban J connectivity index is 2.70. The monoisotopic (exact) mass is 177 g/mol. The van der Waals surface area contributed by atoms with Crippen LogP contribution in [0.1, 0.15) is 0 Å². The Morgan fingerprint density at radius 3 is 2.33 bits per heavy atom. The number of amides is 1. The molecule has 1 amide bonds. The van der Waals surface area contributed by atoms with E-state index in [1.54, 1.807) is 0 Å². The Morgan fingerprint density at radius 1 is 1.25 bits per heavy atom. The van der Waals surface area contributed by atoms with Crippen molar-refractivity contribution in [1.82, 2.24) is 5.32 Å². The second-order valence-electron chi connectivity index (χ2n) is 2.72.